The number of carboxylic acids is 1. The molecule has 0 radical (unpaired) electrons. The van der Waals surface area contributed by atoms with Gasteiger partial charge in [-0.1, -0.05) is 0 Å². The van der Waals surface area contributed by atoms with E-state index in [0.29, 0.717) is 17.1 Å². The van der Waals surface area contributed by atoms with E-state index in [1.54, 1.807) is 31.3 Å². The zero-order valence-corrected chi connectivity index (χ0v) is 17.2. The Kier molecular flexibility index (Phi) is 5.79. The van der Waals surface area contributed by atoms with Crippen molar-refractivity contribution in [3.63, 3.8) is 0 Å². The molecule has 2 amide bonds. The summed E-state index contributed by atoms with van der Waals surface area (Å²) in [5.74, 6) is -2.26. The lowest BCUT2D eigenvalue weighted by Gasteiger charge is -2.17. The minimum Gasteiger partial charge on any atom is -0.481 e. The predicted molar refractivity (Wildman–Crippen MR) is 111 cm³/mol. The fraction of sp³-hybridized carbons (Fsp3) is 0.250. The molecule has 1 heterocycles. The molecule has 1 aliphatic rings. The molecule has 10 heteroatoms. The van der Waals surface area contributed by atoms with Gasteiger partial charge < -0.3 is 14.9 Å². The van der Waals surface area contributed by atoms with Crippen LogP contribution in [0, 0.1) is 5.92 Å². The summed E-state index contributed by atoms with van der Waals surface area (Å²) < 4.78 is 27.7. The van der Waals surface area contributed by atoms with Crippen molar-refractivity contribution in [3.05, 3.63) is 48.5 Å². The zero-order chi connectivity index (χ0) is 22.1. The van der Waals surface area contributed by atoms with E-state index in [1.165, 1.54) is 41.0 Å². The number of benzene rings is 2. The first-order valence-electron chi connectivity index (χ1n) is 9.09. The van der Waals surface area contributed by atoms with E-state index in [2.05, 4.69) is 4.72 Å². The first kappa shape index (κ1) is 21.3. The highest BCUT2D eigenvalue weighted by atomic mass is 32.2. The lowest BCUT2D eigenvalue weighted by molar-refractivity contribution is -0.141. The maximum atomic E-state index is 12.6. The van der Waals surface area contributed by atoms with E-state index in [4.69, 9.17) is 5.11 Å². The van der Waals surface area contributed by atoms with Crippen molar-refractivity contribution in [2.75, 3.05) is 28.1 Å². The summed E-state index contributed by atoms with van der Waals surface area (Å²) in [7, 11) is -2.25. The van der Waals surface area contributed by atoms with Gasteiger partial charge in [-0.2, -0.15) is 0 Å². The largest absolute Gasteiger partial charge is 0.481 e. The molecule has 3 rings (SSSR count). The van der Waals surface area contributed by atoms with Gasteiger partial charge in [0.1, 0.15) is 0 Å². The number of carboxylic acid groups (broad SMARTS) is 1. The third kappa shape index (κ3) is 4.43. The van der Waals surface area contributed by atoms with Crippen LogP contribution in [0.1, 0.15) is 13.3 Å². The summed E-state index contributed by atoms with van der Waals surface area (Å²) in [5, 5.41) is 9.08. The molecule has 158 valence electrons. The maximum Gasteiger partial charge on any atom is 0.308 e. The highest BCUT2D eigenvalue weighted by Crippen LogP contribution is 2.27. The van der Waals surface area contributed by atoms with Gasteiger partial charge in [-0.15, -0.1) is 0 Å². The molecule has 0 bridgehead atoms. The van der Waals surface area contributed by atoms with Gasteiger partial charge in [0.25, 0.3) is 10.0 Å². The Balaban J connectivity index is 1.73. The standard InChI is InChI=1S/C20H21N3O6S/c1-13(24)22(2)16-5-3-15(4-6-16)21-30(28,29)18-9-7-17(8-10-18)23-12-14(20(26)27)11-19(23)25/h3-10,14,21H,11-12H2,1-2H3,(H,26,27). The number of nitrogens with one attached hydrogen (secondary N) is 1. The number of carbonyl (C=O) groups is 3. The van der Waals surface area contributed by atoms with Crippen LogP contribution in [0.4, 0.5) is 17.1 Å². The second-order valence-electron chi connectivity index (χ2n) is 6.97. The number of amides is 2. The van der Waals surface area contributed by atoms with Crippen LogP contribution in [0.25, 0.3) is 0 Å². The third-order valence-electron chi connectivity index (χ3n) is 4.91. The molecule has 1 unspecified atom stereocenters. The van der Waals surface area contributed by atoms with Gasteiger partial charge in [-0.05, 0) is 48.5 Å². The molecular formula is C20H21N3O6S. The first-order valence-corrected chi connectivity index (χ1v) is 10.6. The molecule has 0 aromatic heterocycles. The summed E-state index contributed by atoms with van der Waals surface area (Å²) in [6.45, 7) is 1.48. The van der Waals surface area contributed by atoms with Gasteiger partial charge in [0.2, 0.25) is 11.8 Å². The van der Waals surface area contributed by atoms with Crippen LogP contribution >= 0.6 is 0 Å². The number of nitrogens with zero attached hydrogens (tertiary/aromatic N) is 2. The maximum absolute atomic E-state index is 12.6. The number of hydrogen-bond acceptors (Lipinski definition) is 5. The Bertz CT molecular complexity index is 1080. The molecule has 0 aliphatic carbocycles. The van der Waals surface area contributed by atoms with E-state index in [9.17, 15) is 22.8 Å². The van der Waals surface area contributed by atoms with Crippen molar-refractivity contribution in [1.29, 1.82) is 0 Å². The Labute approximate surface area is 174 Å². The Hall–Kier alpha value is -3.40. The van der Waals surface area contributed by atoms with E-state index >= 15 is 0 Å². The molecule has 0 saturated carbocycles. The second-order valence-corrected chi connectivity index (χ2v) is 8.65. The lowest BCUT2D eigenvalue weighted by Crippen LogP contribution is -2.25. The van der Waals surface area contributed by atoms with E-state index in [1.807, 2.05) is 0 Å². The Morgan fingerprint density at radius 1 is 1.10 bits per heavy atom. The van der Waals surface area contributed by atoms with Crippen molar-refractivity contribution < 1.29 is 27.9 Å². The van der Waals surface area contributed by atoms with Crippen LogP contribution in [0.2, 0.25) is 0 Å². The zero-order valence-electron chi connectivity index (χ0n) is 16.4. The van der Waals surface area contributed by atoms with Crippen LogP contribution in [0.5, 0.6) is 0 Å². The van der Waals surface area contributed by atoms with Crippen LogP contribution in [-0.2, 0) is 24.4 Å². The van der Waals surface area contributed by atoms with Crippen molar-refractivity contribution in [2.45, 2.75) is 18.2 Å². The predicted octanol–water partition coefficient (Wildman–Crippen LogP) is 1.91. The summed E-state index contributed by atoms with van der Waals surface area (Å²) in [4.78, 5) is 37.3. The van der Waals surface area contributed by atoms with E-state index in [0.717, 1.165) is 0 Å². The summed E-state index contributed by atoms with van der Waals surface area (Å²) >= 11 is 0. The summed E-state index contributed by atoms with van der Waals surface area (Å²) in [5.41, 5.74) is 1.41. The quantitative estimate of drug-likeness (QED) is 0.720. The Morgan fingerprint density at radius 2 is 1.70 bits per heavy atom. The fourth-order valence-corrected chi connectivity index (χ4v) is 4.14. The van der Waals surface area contributed by atoms with Crippen LogP contribution < -0.4 is 14.5 Å². The number of sulfonamides is 1. The molecule has 1 atom stereocenters. The van der Waals surface area contributed by atoms with Gasteiger partial charge in [0.15, 0.2) is 0 Å². The van der Waals surface area contributed by atoms with Crippen molar-refractivity contribution in [3.8, 4) is 0 Å². The summed E-state index contributed by atoms with van der Waals surface area (Å²) in [6.07, 6.45) is -0.0776. The lowest BCUT2D eigenvalue weighted by atomic mass is 10.1. The number of hydrogen-bond donors (Lipinski definition) is 2. The third-order valence-corrected chi connectivity index (χ3v) is 6.31. The van der Waals surface area contributed by atoms with Crippen LogP contribution in [-0.4, -0.2) is 44.9 Å². The summed E-state index contributed by atoms with van der Waals surface area (Å²) in [6, 6.07) is 12.0. The highest BCUT2D eigenvalue weighted by Gasteiger charge is 2.35. The number of aliphatic carboxylic acids is 1. The number of anilines is 3. The molecule has 2 N–H and O–H groups in total. The number of rotatable bonds is 6. The normalized spacial score (nSPS) is 16.4. The van der Waals surface area contributed by atoms with Gasteiger partial charge in [0.05, 0.1) is 10.8 Å². The SMILES string of the molecule is CC(=O)N(C)c1ccc(NS(=O)(=O)c2ccc(N3CC(C(=O)O)CC3=O)cc2)cc1. The molecular weight excluding hydrogens is 410 g/mol. The molecule has 2 aromatic rings. The van der Waals surface area contributed by atoms with Gasteiger partial charge in [0, 0.05) is 44.0 Å². The average molecular weight is 431 g/mol. The molecule has 30 heavy (non-hydrogen) atoms. The minimum absolute atomic E-state index is 0.00221. The van der Waals surface area contributed by atoms with Crippen LogP contribution in [0.3, 0.4) is 0 Å². The molecule has 0 spiro atoms. The second kappa shape index (κ2) is 8.15. The van der Waals surface area contributed by atoms with E-state index in [-0.39, 0.29) is 29.7 Å². The molecule has 2 aromatic carbocycles. The van der Waals surface area contributed by atoms with Crippen molar-refractivity contribution >= 4 is 44.9 Å². The van der Waals surface area contributed by atoms with Gasteiger partial charge in [-0.25, -0.2) is 8.42 Å². The van der Waals surface area contributed by atoms with Gasteiger partial charge >= 0.3 is 5.97 Å². The average Bonchev–Trinajstić information content (AvgIpc) is 3.10. The van der Waals surface area contributed by atoms with Gasteiger partial charge in [-0.3, -0.25) is 19.1 Å². The molecule has 9 nitrogen and oxygen atoms in total. The van der Waals surface area contributed by atoms with Crippen LogP contribution in [0.15, 0.2) is 53.4 Å². The first-order chi connectivity index (χ1) is 14.1. The van der Waals surface area contributed by atoms with E-state index < -0.39 is 21.9 Å². The molecule has 1 fully saturated rings. The smallest absolute Gasteiger partial charge is 0.308 e. The Morgan fingerprint density at radius 3 is 2.20 bits per heavy atom. The van der Waals surface area contributed by atoms with Crippen molar-refractivity contribution in [1.82, 2.24) is 0 Å². The molecule has 1 aliphatic heterocycles. The number of carbonyl (C=O) groups excluding carboxylic acids is 2. The monoisotopic (exact) mass is 431 g/mol. The topological polar surface area (TPSA) is 124 Å². The highest BCUT2D eigenvalue weighted by molar-refractivity contribution is 7.92. The molecule has 1 saturated heterocycles. The minimum atomic E-state index is -3.87. The van der Waals surface area contributed by atoms with Crippen molar-refractivity contribution in [2.24, 2.45) is 5.92 Å². The fourth-order valence-electron chi connectivity index (χ4n) is 3.08.